The van der Waals surface area contributed by atoms with E-state index in [1.54, 1.807) is 6.07 Å². The van der Waals surface area contributed by atoms with Gasteiger partial charge in [-0.1, -0.05) is 39.0 Å². The SMILES string of the molecule is CCCCCCCCC(=O)Nc1ccc(F)cc1I. The van der Waals surface area contributed by atoms with Crippen molar-refractivity contribution in [1.82, 2.24) is 0 Å². The van der Waals surface area contributed by atoms with E-state index in [-0.39, 0.29) is 11.7 Å². The van der Waals surface area contributed by atoms with Crippen LogP contribution in [0.4, 0.5) is 10.1 Å². The summed E-state index contributed by atoms with van der Waals surface area (Å²) in [4.78, 5) is 11.7. The summed E-state index contributed by atoms with van der Waals surface area (Å²) in [5.74, 6) is -0.265. The normalized spacial score (nSPS) is 10.5. The molecule has 0 saturated carbocycles. The molecule has 0 fully saturated rings. The number of carbonyl (C=O) groups excluding carboxylic acids is 1. The van der Waals surface area contributed by atoms with Gasteiger partial charge in [0.15, 0.2) is 0 Å². The van der Waals surface area contributed by atoms with Crippen LogP contribution in [0.2, 0.25) is 0 Å². The average Bonchev–Trinajstić information content (AvgIpc) is 2.37. The average molecular weight is 377 g/mol. The van der Waals surface area contributed by atoms with Crippen molar-refractivity contribution in [2.24, 2.45) is 0 Å². The third-order valence-electron chi connectivity index (χ3n) is 2.96. The van der Waals surface area contributed by atoms with Crippen LogP contribution in [-0.2, 0) is 4.79 Å². The van der Waals surface area contributed by atoms with Crippen LogP contribution in [0.3, 0.4) is 0 Å². The molecule has 1 N–H and O–H groups in total. The van der Waals surface area contributed by atoms with Crippen LogP contribution in [-0.4, -0.2) is 5.91 Å². The number of amides is 1. The smallest absolute Gasteiger partial charge is 0.224 e. The molecule has 0 spiro atoms. The van der Waals surface area contributed by atoms with Gasteiger partial charge in [-0.2, -0.15) is 0 Å². The highest BCUT2D eigenvalue weighted by molar-refractivity contribution is 14.1. The zero-order valence-electron chi connectivity index (χ0n) is 11.3. The zero-order chi connectivity index (χ0) is 14.1. The van der Waals surface area contributed by atoms with Gasteiger partial charge in [-0.3, -0.25) is 4.79 Å². The van der Waals surface area contributed by atoms with Gasteiger partial charge in [-0.15, -0.1) is 0 Å². The van der Waals surface area contributed by atoms with Crippen LogP contribution < -0.4 is 5.32 Å². The van der Waals surface area contributed by atoms with Crippen LogP contribution >= 0.6 is 22.6 Å². The Morgan fingerprint density at radius 1 is 1.21 bits per heavy atom. The van der Waals surface area contributed by atoms with E-state index in [9.17, 15) is 9.18 Å². The number of anilines is 1. The molecule has 0 saturated heterocycles. The van der Waals surface area contributed by atoms with Gasteiger partial charge < -0.3 is 5.32 Å². The number of benzene rings is 1. The molecule has 0 heterocycles. The van der Waals surface area contributed by atoms with E-state index in [4.69, 9.17) is 0 Å². The Bertz CT molecular complexity index is 409. The summed E-state index contributed by atoms with van der Waals surface area (Å²) in [5.41, 5.74) is 0.693. The van der Waals surface area contributed by atoms with E-state index in [2.05, 4.69) is 12.2 Å². The predicted molar refractivity (Wildman–Crippen MR) is 85.7 cm³/mol. The molecule has 1 aromatic carbocycles. The number of carbonyl (C=O) groups is 1. The van der Waals surface area contributed by atoms with Crippen molar-refractivity contribution in [3.8, 4) is 0 Å². The van der Waals surface area contributed by atoms with Crippen LogP contribution in [0.5, 0.6) is 0 Å². The van der Waals surface area contributed by atoms with Gasteiger partial charge in [0.1, 0.15) is 5.82 Å². The van der Waals surface area contributed by atoms with E-state index < -0.39 is 0 Å². The lowest BCUT2D eigenvalue weighted by molar-refractivity contribution is -0.116. The molecular weight excluding hydrogens is 356 g/mol. The largest absolute Gasteiger partial charge is 0.325 e. The molecule has 19 heavy (non-hydrogen) atoms. The Labute approximate surface area is 128 Å². The molecule has 0 radical (unpaired) electrons. The highest BCUT2D eigenvalue weighted by atomic mass is 127. The first-order chi connectivity index (χ1) is 9.13. The number of halogens is 2. The second-order valence-corrected chi connectivity index (χ2v) is 5.85. The zero-order valence-corrected chi connectivity index (χ0v) is 13.5. The van der Waals surface area contributed by atoms with E-state index in [1.807, 2.05) is 22.6 Å². The van der Waals surface area contributed by atoms with Gasteiger partial charge in [0.2, 0.25) is 5.91 Å². The van der Waals surface area contributed by atoms with Gasteiger partial charge in [0, 0.05) is 9.99 Å². The molecular formula is C15H21FINO. The minimum absolute atomic E-state index is 0.0139. The molecule has 1 aromatic rings. The van der Waals surface area contributed by atoms with Crippen molar-refractivity contribution < 1.29 is 9.18 Å². The molecule has 0 aliphatic heterocycles. The minimum atomic E-state index is -0.279. The molecule has 0 aliphatic carbocycles. The Balaban J connectivity index is 2.23. The molecule has 4 heteroatoms. The topological polar surface area (TPSA) is 29.1 Å². The third kappa shape index (κ3) is 6.89. The molecule has 2 nitrogen and oxygen atoms in total. The Hall–Kier alpha value is -0.650. The maximum Gasteiger partial charge on any atom is 0.224 e. The quantitative estimate of drug-likeness (QED) is 0.495. The van der Waals surface area contributed by atoms with Crippen LogP contribution in [0.1, 0.15) is 51.9 Å². The lowest BCUT2D eigenvalue weighted by Crippen LogP contribution is -2.12. The Kier molecular flexibility index (Phi) is 8.02. The van der Waals surface area contributed by atoms with E-state index >= 15 is 0 Å². The Morgan fingerprint density at radius 3 is 2.58 bits per heavy atom. The first-order valence-electron chi connectivity index (χ1n) is 6.88. The highest BCUT2D eigenvalue weighted by Gasteiger charge is 2.06. The molecule has 0 aromatic heterocycles. The molecule has 1 amide bonds. The van der Waals surface area contributed by atoms with E-state index in [0.29, 0.717) is 12.1 Å². The fraction of sp³-hybridized carbons (Fsp3) is 0.533. The standard InChI is InChI=1S/C15H21FINO/c1-2-3-4-5-6-7-8-15(19)18-14-10-9-12(16)11-13(14)17/h9-11H,2-8H2,1H3,(H,18,19). The fourth-order valence-corrected chi connectivity index (χ4v) is 2.48. The highest BCUT2D eigenvalue weighted by Crippen LogP contribution is 2.19. The van der Waals surface area contributed by atoms with Crippen LogP contribution in [0, 0.1) is 9.39 Å². The van der Waals surface area contributed by atoms with Crippen molar-refractivity contribution in [2.45, 2.75) is 51.9 Å². The number of unbranched alkanes of at least 4 members (excludes halogenated alkanes) is 5. The van der Waals surface area contributed by atoms with Crippen molar-refractivity contribution in [1.29, 1.82) is 0 Å². The predicted octanol–water partition coefficient (Wildman–Crippen LogP) is 5.12. The summed E-state index contributed by atoms with van der Waals surface area (Å²) in [6.45, 7) is 2.19. The Morgan fingerprint density at radius 2 is 1.89 bits per heavy atom. The van der Waals surface area contributed by atoms with Crippen molar-refractivity contribution in [3.63, 3.8) is 0 Å². The van der Waals surface area contributed by atoms with Gasteiger partial charge in [-0.25, -0.2) is 4.39 Å². The number of hydrogen-bond donors (Lipinski definition) is 1. The summed E-state index contributed by atoms with van der Waals surface area (Å²) in [6.07, 6.45) is 7.55. The monoisotopic (exact) mass is 377 g/mol. The molecule has 0 aliphatic rings. The van der Waals surface area contributed by atoms with Crippen molar-refractivity contribution in [2.75, 3.05) is 5.32 Å². The summed E-state index contributed by atoms with van der Waals surface area (Å²) in [7, 11) is 0. The van der Waals surface area contributed by atoms with Crippen molar-refractivity contribution in [3.05, 3.63) is 27.6 Å². The summed E-state index contributed by atoms with van der Waals surface area (Å²) < 4.78 is 13.6. The minimum Gasteiger partial charge on any atom is -0.325 e. The van der Waals surface area contributed by atoms with Gasteiger partial charge in [0.05, 0.1) is 5.69 Å². The number of nitrogens with one attached hydrogen (secondary N) is 1. The first-order valence-corrected chi connectivity index (χ1v) is 7.96. The van der Waals surface area contributed by atoms with E-state index in [0.717, 1.165) is 16.4 Å². The maximum absolute atomic E-state index is 12.9. The molecule has 1 rings (SSSR count). The maximum atomic E-state index is 12.9. The van der Waals surface area contributed by atoms with Gasteiger partial charge in [0.25, 0.3) is 0 Å². The van der Waals surface area contributed by atoms with Gasteiger partial charge >= 0.3 is 0 Å². The lowest BCUT2D eigenvalue weighted by Gasteiger charge is -2.07. The van der Waals surface area contributed by atoms with Crippen molar-refractivity contribution >= 4 is 34.2 Å². The number of hydrogen-bond acceptors (Lipinski definition) is 1. The third-order valence-corrected chi connectivity index (χ3v) is 3.86. The summed E-state index contributed by atoms with van der Waals surface area (Å²) in [5, 5.41) is 2.83. The molecule has 0 atom stereocenters. The second kappa shape index (κ2) is 9.28. The molecule has 0 bridgehead atoms. The molecule has 106 valence electrons. The second-order valence-electron chi connectivity index (χ2n) is 4.69. The molecule has 0 unspecified atom stereocenters. The van der Waals surface area contributed by atoms with E-state index in [1.165, 1.54) is 37.8 Å². The summed E-state index contributed by atoms with van der Waals surface area (Å²) in [6, 6.07) is 4.39. The number of rotatable bonds is 8. The van der Waals surface area contributed by atoms with Crippen LogP contribution in [0.15, 0.2) is 18.2 Å². The first kappa shape index (κ1) is 16.4. The van der Waals surface area contributed by atoms with Crippen LogP contribution in [0.25, 0.3) is 0 Å². The van der Waals surface area contributed by atoms with Gasteiger partial charge in [-0.05, 0) is 47.2 Å². The fourth-order valence-electron chi connectivity index (χ4n) is 1.87. The summed E-state index contributed by atoms with van der Waals surface area (Å²) >= 11 is 2.02. The lowest BCUT2D eigenvalue weighted by atomic mass is 10.1.